The number of ketones is 1. The van der Waals surface area contributed by atoms with Crippen LogP contribution in [-0.2, 0) is 4.79 Å². The first-order valence-electron chi connectivity index (χ1n) is 5.29. The van der Waals surface area contributed by atoms with Gasteiger partial charge >= 0.3 is 0 Å². The van der Waals surface area contributed by atoms with Crippen LogP contribution >= 0.6 is 0 Å². The van der Waals surface area contributed by atoms with E-state index in [9.17, 15) is 4.79 Å². The average molecular weight is 192 g/mol. The molecule has 1 atom stereocenters. The highest BCUT2D eigenvalue weighted by atomic mass is 16.1. The van der Waals surface area contributed by atoms with E-state index in [1.165, 1.54) is 11.1 Å². The number of hydrogen-bond acceptors (Lipinski definition) is 1. The van der Waals surface area contributed by atoms with Gasteiger partial charge in [-0.05, 0) is 46.5 Å². The smallest absolute Gasteiger partial charge is 0.136 e. The van der Waals surface area contributed by atoms with E-state index in [0.29, 0.717) is 5.78 Å². The third-order valence-electron chi connectivity index (χ3n) is 3.59. The van der Waals surface area contributed by atoms with Crippen LogP contribution in [-0.4, -0.2) is 5.78 Å². The Morgan fingerprint density at radius 2 is 2.14 bits per heavy atom. The molecule has 1 aliphatic rings. The van der Waals surface area contributed by atoms with Gasteiger partial charge in [0.25, 0.3) is 0 Å². The highest BCUT2D eigenvalue weighted by Gasteiger charge is 2.36. The molecular formula is C13H20O. The van der Waals surface area contributed by atoms with Crippen LogP contribution in [0.2, 0.25) is 0 Å². The third-order valence-corrected chi connectivity index (χ3v) is 3.59. The summed E-state index contributed by atoms with van der Waals surface area (Å²) < 4.78 is 0. The molecule has 0 bridgehead atoms. The van der Waals surface area contributed by atoms with Crippen molar-refractivity contribution >= 4 is 5.78 Å². The summed E-state index contributed by atoms with van der Waals surface area (Å²) in [6, 6.07) is 0. The summed E-state index contributed by atoms with van der Waals surface area (Å²) >= 11 is 0. The second kappa shape index (κ2) is 4.12. The van der Waals surface area contributed by atoms with Crippen LogP contribution in [0.3, 0.4) is 0 Å². The molecule has 0 aromatic carbocycles. The summed E-state index contributed by atoms with van der Waals surface area (Å²) in [4.78, 5) is 11.7. The summed E-state index contributed by atoms with van der Waals surface area (Å²) in [5.74, 6) is 0.323. The number of carbonyl (C=O) groups is 1. The fourth-order valence-electron chi connectivity index (χ4n) is 2.28. The predicted octanol–water partition coefficient (Wildman–Crippen LogP) is 3.66. The minimum absolute atomic E-state index is 0.134. The molecule has 0 fully saturated rings. The fourth-order valence-corrected chi connectivity index (χ4v) is 2.28. The zero-order chi connectivity index (χ0) is 10.8. The molecule has 1 heteroatoms. The van der Waals surface area contributed by atoms with Gasteiger partial charge in [0.05, 0.1) is 0 Å². The third kappa shape index (κ3) is 1.97. The Morgan fingerprint density at radius 1 is 1.50 bits per heavy atom. The van der Waals surface area contributed by atoms with E-state index in [-0.39, 0.29) is 5.41 Å². The van der Waals surface area contributed by atoms with Crippen molar-refractivity contribution in [2.24, 2.45) is 5.41 Å². The summed E-state index contributed by atoms with van der Waals surface area (Å²) in [5, 5.41) is 0. The van der Waals surface area contributed by atoms with Crippen LogP contribution in [0.15, 0.2) is 23.8 Å². The van der Waals surface area contributed by atoms with E-state index in [0.717, 1.165) is 25.7 Å². The SMILES string of the molecule is C=CC[C@]1(C(C)=O)CCC(C)=C(C)C1. The maximum Gasteiger partial charge on any atom is 0.136 e. The highest BCUT2D eigenvalue weighted by Crippen LogP contribution is 2.42. The molecular weight excluding hydrogens is 172 g/mol. The van der Waals surface area contributed by atoms with Gasteiger partial charge in [0.1, 0.15) is 5.78 Å². The number of Topliss-reactive ketones (excluding diaryl/α,β-unsaturated/α-hetero) is 1. The summed E-state index contributed by atoms with van der Waals surface area (Å²) in [5.41, 5.74) is 2.73. The van der Waals surface area contributed by atoms with Crippen molar-refractivity contribution in [3.63, 3.8) is 0 Å². The van der Waals surface area contributed by atoms with Gasteiger partial charge in [0.2, 0.25) is 0 Å². The summed E-state index contributed by atoms with van der Waals surface area (Å²) in [7, 11) is 0. The van der Waals surface area contributed by atoms with Gasteiger partial charge in [-0.2, -0.15) is 0 Å². The zero-order valence-electron chi connectivity index (χ0n) is 9.52. The predicted molar refractivity (Wildman–Crippen MR) is 60.2 cm³/mol. The van der Waals surface area contributed by atoms with Gasteiger partial charge in [-0.25, -0.2) is 0 Å². The lowest BCUT2D eigenvalue weighted by Crippen LogP contribution is -2.31. The number of allylic oxidation sites excluding steroid dienone is 3. The van der Waals surface area contributed by atoms with Crippen LogP contribution in [0, 0.1) is 5.41 Å². The van der Waals surface area contributed by atoms with Crippen LogP contribution in [0.4, 0.5) is 0 Å². The summed E-state index contributed by atoms with van der Waals surface area (Å²) in [6.07, 6.45) is 5.71. The number of hydrogen-bond donors (Lipinski definition) is 0. The molecule has 0 aromatic rings. The van der Waals surface area contributed by atoms with Crippen LogP contribution < -0.4 is 0 Å². The van der Waals surface area contributed by atoms with Crippen molar-refractivity contribution in [3.05, 3.63) is 23.8 Å². The molecule has 0 N–H and O–H groups in total. The largest absolute Gasteiger partial charge is 0.299 e. The molecule has 14 heavy (non-hydrogen) atoms. The molecule has 0 saturated carbocycles. The average Bonchev–Trinajstić information content (AvgIpc) is 2.12. The number of rotatable bonds is 3. The molecule has 0 aliphatic heterocycles. The topological polar surface area (TPSA) is 17.1 Å². The Bertz CT molecular complexity index is 286. The van der Waals surface area contributed by atoms with Gasteiger partial charge in [-0.1, -0.05) is 17.2 Å². The Balaban J connectivity index is 2.93. The van der Waals surface area contributed by atoms with E-state index in [2.05, 4.69) is 20.4 Å². The van der Waals surface area contributed by atoms with Gasteiger partial charge in [0.15, 0.2) is 0 Å². The molecule has 0 amide bonds. The van der Waals surface area contributed by atoms with Gasteiger partial charge < -0.3 is 0 Å². The quantitative estimate of drug-likeness (QED) is 0.624. The minimum atomic E-state index is -0.134. The molecule has 1 nitrogen and oxygen atoms in total. The van der Waals surface area contributed by atoms with Crippen LogP contribution in [0.25, 0.3) is 0 Å². The van der Waals surface area contributed by atoms with Crippen LogP contribution in [0.1, 0.15) is 46.5 Å². The van der Waals surface area contributed by atoms with Crippen molar-refractivity contribution < 1.29 is 4.79 Å². The molecule has 0 spiro atoms. The zero-order valence-corrected chi connectivity index (χ0v) is 9.52. The molecule has 0 saturated heterocycles. The van der Waals surface area contributed by atoms with Gasteiger partial charge in [-0.15, -0.1) is 6.58 Å². The molecule has 78 valence electrons. The molecule has 1 rings (SSSR count). The van der Waals surface area contributed by atoms with Crippen LogP contribution in [0.5, 0.6) is 0 Å². The normalized spacial score (nSPS) is 27.6. The maximum absolute atomic E-state index is 11.7. The molecule has 1 aliphatic carbocycles. The fraction of sp³-hybridized carbons (Fsp3) is 0.615. The lowest BCUT2D eigenvalue weighted by atomic mass is 9.68. The second-order valence-electron chi connectivity index (χ2n) is 4.57. The molecule has 0 heterocycles. The first-order chi connectivity index (χ1) is 6.52. The van der Waals surface area contributed by atoms with Gasteiger partial charge in [0, 0.05) is 5.41 Å². The van der Waals surface area contributed by atoms with E-state index in [4.69, 9.17) is 0 Å². The lowest BCUT2D eigenvalue weighted by Gasteiger charge is -2.35. The van der Waals surface area contributed by atoms with E-state index >= 15 is 0 Å². The van der Waals surface area contributed by atoms with Crippen molar-refractivity contribution in [3.8, 4) is 0 Å². The summed E-state index contributed by atoms with van der Waals surface area (Å²) in [6.45, 7) is 9.80. The Labute approximate surface area is 86.9 Å². The van der Waals surface area contributed by atoms with Crippen molar-refractivity contribution in [2.45, 2.75) is 46.5 Å². The minimum Gasteiger partial charge on any atom is -0.299 e. The first kappa shape index (κ1) is 11.2. The van der Waals surface area contributed by atoms with E-state index in [1.54, 1.807) is 6.92 Å². The van der Waals surface area contributed by atoms with Crippen molar-refractivity contribution in [1.29, 1.82) is 0 Å². The number of carbonyl (C=O) groups excluding carboxylic acids is 1. The van der Waals surface area contributed by atoms with Crippen molar-refractivity contribution in [1.82, 2.24) is 0 Å². The molecule has 0 aromatic heterocycles. The first-order valence-corrected chi connectivity index (χ1v) is 5.29. The maximum atomic E-state index is 11.7. The standard InChI is InChI=1S/C13H20O/c1-5-7-13(12(4)14)8-6-10(2)11(3)9-13/h5H,1,6-9H2,2-4H3/t13-/m0/s1. The van der Waals surface area contributed by atoms with Gasteiger partial charge in [-0.3, -0.25) is 4.79 Å². The second-order valence-corrected chi connectivity index (χ2v) is 4.57. The molecule has 0 radical (unpaired) electrons. The Hall–Kier alpha value is -0.850. The van der Waals surface area contributed by atoms with E-state index < -0.39 is 0 Å². The lowest BCUT2D eigenvalue weighted by molar-refractivity contribution is -0.127. The Morgan fingerprint density at radius 3 is 2.57 bits per heavy atom. The highest BCUT2D eigenvalue weighted by molar-refractivity contribution is 5.83. The molecule has 0 unspecified atom stereocenters. The Kier molecular flexibility index (Phi) is 3.30. The van der Waals surface area contributed by atoms with Crippen molar-refractivity contribution in [2.75, 3.05) is 0 Å². The van der Waals surface area contributed by atoms with E-state index in [1.807, 2.05) is 6.08 Å². The monoisotopic (exact) mass is 192 g/mol.